The topological polar surface area (TPSA) is 35.5 Å². The van der Waals surface area contributed by atoms with E-state index in [9.17, 15) is 18.0 Å². The van der Waals surface area contributed by atoms with Crippen LogP contribution < -0.4 is 9.47 Å². The van der Waals surface area contributed by atoms with E-state index < -0.39 is 11.7 Å². The second-order valence-corrected chi connectivity index (χ2v) is 4.07. The van der Waals surface area contributed by atoms with Crippen molar-refractivity contribution in [2.45, 2.75) is 6.18 Å². The third kappa shape index (κ3) is 4.24. The Hall–Kier alpha value is -2.50. The molecule has 0 unspecified atom stereocenters. The van der Waals surface area contributed by atoms with Crippen molar-refractivity contribution in [3.63, 3.8) is 0 Å². The highest BCUT2D eigenvalue weighted by Crippen LogP contribution is 2.31. The molecular formula is C15H11F3O3. The Labute approximate surface area is 118 Å². The van der Waals surface area contributed by atoms with Crippen molar-refractivity contribution in [3.05, 3.63) is 54.1 Å². The third-order valence-corrected chi connectivity index (χ3v) is 2.56. The lowest BCUT2D eigenvalue weighted by Gasteiger charge is -2.09. The average Bonchev–Trinajstić information content (AvgIpc) is 2.46. The zero-order chi connectivity index (χ0) is 15.3. The van der Waals surface area contributed by atoms with Crippen LogP contribution in [0.1, 0.15) is 5.56 Å². The molecule has 2 rings (SSSR count). The van der Waals surface area contributed by atoms with Crippen LogP contribution in [0.3, 0.4) is 0 Å². The Kier molecular flexibility index (Phi) is 4.47. The molecule has 0 amide bonds. The normalized spacial score (nSPS) is 11.0. The smallest absolute Gasteiger partial charge is 0.416 e. The molecule has 0 aliphatic carbocycles. The van der Waals surface area contributed by atoms with Gasteiger partial charge in [-0.25, -0.2) is 0 Å². The molecule has 0 saturated heterocycles. The van der Waals surface area contributed by atoms with Crippen LogP contribution in [-0.4, -0.2) is 12.9 Å². The fraction of sp³-hybridized carbons (Fsp3) is 0.133. The van der Waals surface area contributed by atoms with Gasteiger partial charge >= 0.3 is 6.18 Å². The summed E-state index contributed by atoms with van der Waals surface area (Å²) in [6, 6.07) is 10.8. The van der Waals surface area contributed by atoms with Gasteiger partial charge in [-0.1, -0.05) is 0 Å². The zero-order valence-electron chi connectivity index (χ0n) is 10.8. The van der Waals surface area contributed by atoms with Gasteiger partial charge in [0.25, 0.3) is 0 Å². The maximum Gasteiger partial charge on any atom is 0.416 e. The molecule has 0 aliphatic heterocycles. The minimum atomic E-state index is -4.36. The summed E-state index contributed by atoms with van der Waals surface area (Å²) in [6.45, 7) is -0.0426. The average molecular weight is 296 g/mol. The lowest BCUT2D eigenvalue weighted by Crippen LogP contribution is -2.03. The van der Waals surface area contributed by atoms with E-state index in [0.717, 1.165) is 12.1 Å². The molecule has 0 saturated carbocycles. The molecule has 6 heteroatoms. The van der Waals surface area contributed by atoms with Gasteiger partial charge in [-0.15, -0.1) is 0 Å². The summed E-state index contributed by atoms with van der Waals surface area (Å²) in [7, 11) is 0. The summed E-state index contributed by atoms with van der Waals surface area (Å²) in [6.07, 6.45) is -3.73. The number of carbonyl (C=O) groups excluding carboxylic acids is 1. The first-order valence-electron chi connectivity index (χ1n) is 6.00. The summed E-state index contributed by atoms with van der Waals surface area (Å²) < 4.78 is 47.7. The molecule has 0 atom stereocenters. The Bertz CT molecular complexity index is 589. The van der Waals surface area contributed by atoms with E-state index in [4.69, 9.17) is 9.47 Å². The van der Waals surface area contributed by atoms with E-state index in [1.54, 1.807) is 24.3 Å². The van der Waals surface area contributed by atoms with E-state index >= 15 is 0 Å². The van der Waals surface area contributed by atoms with E-state index in [0.29, 0.717) is 23.5 Å². The summed E-state index contributed by atoms with van der Waals surface area (Å²) in [4.78, 5) is 10.2. The van der Waals surface area contributed by atoms with Gasteiger partial charge in [0.05, 0.1) is 5.56 Å². The number of halogens is 3. The highest BCUT2D eigenvalue weighted by atomic mass is 19.4. The zero-order valence-corrected chi connectivity index (χ0v) is 10.8. The van der Waals surface area contributed by atoms with Crippen molar-refractivity contribution in [1.82, 2.24) is 0 Å². The highest BCUT2D eigenvalue weighted by Gasteiger charge is 2.30. The molecule has 0 bridgehead atoms. The Balaban J connectivity index is 2.02. The predicted octanol–water partition coefficient (Wildman–Crippen LogP) is 4.08. The molecule has 0 radical (unpaired) electrons. The molecule has 21 heavy (non-hydrogen) atoms. The molecule has 0 aromatic heterocycles. The number of rotatable bonds is 5. The van der Waals surface area contributed by atoms with Gasteiger partial charge in [0.15, 0.2) is 6.29 Å². The molecule has 0 N–H and O–H groups in total. The standard InChI is InChI=1S/C15H11F3O3/c16-15(17,18)11-1-3-13(4-2-11)21-14-7-5-12(6-8-14)20-10-9-19/h1-9H,10H2. The minimum Gasteiger partial charge on any atom is -0.486 e. The molecule has 2 aromatic carbocycles. The van der Waals surface area contributed by atoms with Gasteiger partial charge in [0.1, 0.15) is 23.9 Å². The summed E-state index contributed by atoms with van der Waals surface area (Å²) in [5, 5.41) is 0. The fourth-order valence-electron chi connectivity index (χ4n) is 1.58. The summed E-state index contributed by atoms with van der Waals surface area (Å²) in [5.74, 6) is 1.25. The van der Waals surface area contributed by atoms with Crippen molar-refractivity contribution in [1.29, 1.82) is 0 Å². The van der Waals surface area contributed by atoms with Crippen molar-refractivity contribution in [3.8, 4) is 17.2 Å². The molecular weight excluding hydrogens is 285 g/mol. The van der Waals surface area contributed by atoms with Gasteiger partial charge in [-0.2, -0.15) is 13.2 Å². The first-order valence-corrected chi connectivity index (χ1v) is 6.00. The van der Waals surface area contributed by atoms with Crippen LogP contribution in [0.5, 0.6) is 17.2 Å². The molecule has 2 aromatic rings. The SMILES string of the molecule is O=CCOc1ccc(Oc2ccc(C(F)(F)F)cc2)cc1. The number of aldehydes is 1. The van der Waals surface area contributed by atoms with Crippen LogP contribution in [0.4, 0.5) is 13.2 Å². The maximum absolute atomic E-state index is 12.4. The largest absolute Gasteiger partial charge is 0.486 e. The lowest BCUT2D eigenvalue weighted by atomic mass is 10.2. The minimum absolute atomic E-state index is 0.0426. The van der Waals surface area contributed by atoms with Gasteiger partial charge < -0.3 is 9.47 Å². The van der Waals surface area contributed by atoms with Crippen LogP contribution in [0, 0.1) is 0 Å². The molecule has 3 nitrogen and oxygen atoms in total. The second-order valence-electron chi connectivity index (χ2n) is 4.07. The molecule has 110 valence electrons. The number of alkyl halides is 3. The van der Waals surface area contributed by atoms with E-state index in [1.165, 1.54) is 12.1 Å². The van der Waals surface area contributed by atoms with E-state index in [2.05, 4.69) is 0 Å². The number of carbonyl (C=O) groups is 1. The van der Waals surface area contributed by atoms with Gasteiger partial charge in [-0.05, 0) is 48.5 Å². The first kappa shape index (κ1) is 14.9. The third-order valence-electron chi connectivity index (χ3n) is 2.56. The monoisotopic (exact) mass is 296 g/mol. The number of hydrogen-bond donors (Lipinski definition) is 0. The van der Waals surface area contributed by atoms with Crippen LogP contribution in [0.15, 0.2) is 48.5 Å². The van der Waals surface area contributed by atoms with Gasteiger partial charge in [0, 0.05) is 0 Å². The van der Waals surface area contributed by atoms with Crippen LogP contribution >= 0.6 is 0 Å². The molecule has 0 fully saturated rings. The van der Waals surface area contributed by atoms with Crippen LogP contribution in [0.25, 0.3) is 0 Å². The number of benzene rings is 2. The molecule has 0 aliphatic rings. The maximum atomic E-state index is 12.4. The van der Waals surface area contributed by atoms with Crippen molar-refractivity contribution >= 4 is 6.29 Å². The van der Waals surface area contributed by atoms with Gasteiger partial charge in [-0.3, -0.25) is 4.79 Å². The summed E-state index contributed by atoms with van der Waals surface area (Å²) in [5.41, 5.74) is -0.729. The van der Waals surface area contributed by atoms with Crippen molar-refractivity contribution < 1.29 is 27.4 Å². The van der Waals surface area contributed by atoms with Crippen molar-refractivity contribution in [2.24, 2.45) is 0 Å². The number of ether oxygens (including phenoxy) is 2. The first-order chi connectivity index (χ1) is 9.99. The second kappa shape index (κ2) is 6.30. The van der Waals surface area contributed by atoms with Crippen LogP contribution in [0.2, 0.25) is 0 Å². The lowest BCUT2D eigenvalue weighted by molar-refractivity contribution is -0.137. The Morgan fingerprint density at radius 1 is 0.857 bits per heavy atom. The van der Waals surface area contributed by atoms with Crippen molar-refractivity contribution in [2.75, 3.05) is 6.61 Å². The highest BCUT2D eigenvalue weighted by molar-refractivity contribution is 5.51. The molecule has 0 heterocycles. The quantitative estimate of drug-likeness (QED) is 0.780. The Morgan fingerprint density at radius 2 is 1.33 bits per heavy atom. The fourth-order valence-corrected chi connectivity index (χ4v) is 1.58. The van der Waals surface area contributed by atoms with Crippen LogP contribution in [-0.2, 0) is 11.0 Å². The van der Waals surface area contributed by atoms with Gasteiger partial charge in [0.2, 0.25) is 0 Å². The van der Waals surface area contributed by atoms with E-state index in [1.807, 2.05) is 0 Å². The number of hydrogen-bond acceptors (Lipinski definition) is 3. The molecule has 0 spiro atoms. The Morgan fingerprint density at radius 3 is 1.81 bits per heavy atom. The predicted molar refractivity (Wildman–Crippen MR) is 69.5 cm³/mol. The van der Waals surface area contributed by atoms with E-state index in [-0.39, 0.29) is 6.61 Å². The summed E-state index contributed by atoms with van der Waals surface area (Å²) >= 11 is 0.